The highest BCUT2D eigenvalue weighted by Crippen LogP contribution is 2.41. The normalized spacial score (nSPS) is 12.7. The zero-order valence-electron chi connectivity index (χ0n) is 9.48. The molecule has 1 heterocycles. The van der Waals surface area contributed by atoms with Crippen molar-refractivity contribution in [2.75, 3.05) is 0 Å². The summed E-state index contributed by atoms with van der Waals surface area (Å²) in [5.74, 6) is 0. The lowest BCUT2D eigenvalue weighted by molar-refractivity contribution is -0.137. The number of halogens is 4. The molecule has 0 saturated heterocycles. The Balaban J connectivity index is 2.86. The van der Waals surface area contributed by atoms with E-state index in [4.69, 9.17) is 5.14 Å². The van der Waals surface area contributed by atoms with Crippen molar-refractivity contribution < 1.29 is 26.0 Å². The van der Waals surface area contributed by atoms with Crippen LogP contribution in [0.25, 0.3) is 10.6 Å². The summed E-state index contributed by atoms with van der Waals surface area (Å²) in [6.07, 6.45) is -4.11. The Hall–Kier alpha value is -1.52. The quantitative estimate of drug-likeness (QED) is 0.862. The van der Waals surface area contributed by atoms with Crippen molar-refractivity contribution in [1.82, 2.24) is 4.98 Å². The molecule has 0 aliphatic heterocycles. The molecule has 20 heavy (non-hydrogen) atoms. The molecule has 2 rings (SSSR count). The molecular formula is C10H6F4N2O2S2. The third-order valence-electron chi connectivity index (χ3n) is 2.33. The van der Waals surface area contributed by atoms with Crippen molar-refractivity contribution in [2.24, 2.45) is 5.14 Å². The van der Waals surface area contributed by atoms with Gasteiger partial charge in [-0.15, -0.1) is 0 Å². The lowest BCUT2D eigenvalue weighted by Gasteiger charge is -2.14. The van der Waals surface area contributed by atoms with Gasteiger partial charge in [-0.25, -0.2) is 18.5 Å². The smallest absolute Gasteiger partial charge is 0.241 e. The second-order valence-corrected chi connectivity index (χ2v) is 6.20. The van der Waals surface area contributed by atoms with E-state index in [-0.39, 0.29) is 0 Å². The predicted octanol–water partition coefficient (Wildman–Crippen LogP) is 2.62. The highest BCUT2D eigenvalue weighted by Gasteiger charge is 2.37. The Bertz CT molecular complexity index is 753. The number of hydrogen-bond acceptors (Lipinski definition) is 4. The van der Waals surface area contributed by atoms with Crippen LogP contribution in [0.3, 0.4) is 0 Å². The molecule has 10 heteroatoms. The predicted molar refractivity (Wildman–Crippen MR) is 63.9 cm³/mol. The third kappa shape index (κ3) is 2.81. The minimum absolute atomic E-state index is 0.304. The molecule has 0 saturated carbocycles. The van der Waals surface area contributed by atoms with Crippen LogP contribution < -0.4 is 5.14 Å². The molecule has 0 fully saturated rings. The summed E-state index contributed by atoms with van der Waals surface area (Å²) in [6, 6.07) is 2.51. The fourth-order valence-electron chi connectivity index (χ4n) is 1.60. The number of aromatic nitrogens is 1. The Morgan fingerprint density at radius 2 is 1.90 bits per heavy atom. The number of thiazole rings is 1. The summed E-state index contributed by atoms with van der Waals surface area (Å²) in [7, 11) is -4.41. The summed E-state index contributed by atoms with van der Waals surface area (Å²) in [4.78, 5) is 2.71. The number of alkyl halides is 3. The van der Waals surface area contributed by atoms with Gasteiger partial charge < -0.3 is 0 Å². The van der Waals surface area contributed by atoms with E-state index >= 15 is 0 Å². The summed E-state index contributed by atoms with van der Waals surface area (Å²) in [6.45, 7) is 0. The van der Waals surface area contributed by atoms with E-state index in [1.165, 1.54) is 0 Å². The topological polar surface area (TPSA) is 73.1 Å². The minimum atomic E-state index is -4.82. The van der Waals surface area contributed by atoms with Crippen LogP contribution in [0.15, 0.2) is 29.3 Å². The Kier molecular flexibility index (Phi) is 3.56. The first kappa shape index (κ1) is 14.9. The first-order valence-corrected chi connectivity index (χ1v) is 7.31. The van der Waals surface area contributed by atoms with E-state index in [0.717, 1.165) is 12.1 Å². The van der Waals surface area contributed by atoms with Crippen LogP contribution in [0.5, 0.6) is 0 Å². The maximum Gasteiger partial charge on any atom is 0.417 e. The number of benzene rings is 1. The van der Waals surface area contributed by atoms with E-state index in [2.05, 4.69) is 4.98 Å². The molecule has 2 N–H and O–H groups in total. The molecule has 0 radical (unpaired) electrons. The van der Waals surface area contributed by atoms with E-state index in [1.54, 1.807) is 0 Å². The van der Waals surface area contributed by atoms with Gasteiger partial charge in [0, 0.05) is 5.56 Å². The number of rotatable bonds is 2. The Labute approximate surface area is 114 Å². The van der Waals surface area contributed by atoms with Gasteiger partial charge in [0.1, 0.15) is 5.01 Å². The maximum absolute atomic E-state index is 13.0. The molecule has 0 spiro atoms. The summed E-state index contributed by atoms with van der Waals surface area (Å²) in [5.41, 5.74) is -1.98. The molecule has 108 valence electrons. The van der Waals surface area contributed by atoms with Gasteiger partial charge in [-0.05, 0) is 12.1 Å². The summed E-state index contributed by atoms with van der Waals surface area (Å²) >= 11 is 0.304. The van der Waals surface area contributed by atoms with Crippen LogP contribution in [-0.2, 0) is 16.2 Å². The molecule has 2 aromatic rings. The summed E-state index contributed by atoms with van der Waals surface area (Å²) in [5, 5.41) is 3.66. The van der Waals surface area contributed by atoms with Crippen LogP contribution in [0.2, 0.25) is 0 Å². The van der Waals surface area contributed by atoms with E-state index in [0.29, 0.717) is 23.6 Å². The van der Waals surface area contributed by atoms with Crippen LogP contribution >= 0.6 is 11.3 Å². The molecule has 4 nitrogen and oxygen atoms in total. The minimum Gasteiger partial charge on any atom is -0.241 e. The number of sulfonamides is 1. The molecule has 0 aliphatic carbocycles. The first-order valence-electron chi connectivity index (χ1n) is 4.95. The second kappa shape index (κ2) is 4.79. The fourth-order valence-corrected chi connectivity index (χ4v) is 3.14. The van der Waals surface area contributed by atoms with E-state index in [1.807, 2.05) is 0 Å². The SMILES string of the molecule is NS(=O)(=O)c1cccc(C(F)(F)F)c1-c1ncc(F)s1. The molecule has 0 aliphatic rings. The number of primary sulfonamides is 1. The van der Waals surface area contributed by atoms with Crippen molar-refractivity contribution in [3.8, 4) is 10.6 Å². The van der Waals surface area contributed by atoms with Gasteiger partial charge in [0.15, 0.2) is 5.13 Å². The second-order valence-electron chi connectivity index (χ2n) is 3.69. The average Bonchev–Trinajstić information content (AvgIpc) is 2.72. The molecule has 1 aromatic carbocycles. The largest absolute Gasteiger partial charge is 0.417 e. The van der Waals surface area contributed by atoms with Crippen LogP contribution in [-0.4, -0.2) is 13.4 Å². The van der Waals surface area contributed by atoms with Gasteiger partial charge in [0.05, 0.1) is 16.7 Å². The van der Waals surface area contributed by atoms with Crippen molar-refractivity contribution in [1.29, 1.82) is 0 Å². The van der Waals surface area contributed by atoms with E-state index < -0.39 is 42.4 Å². The van der Waals surface area contributed by atoms with Gasteiger partial charge in [-0.1, -0.05) is 17.4 Å². The first-order chi connectivity index (χ1) is 9.10. The lowest BCUT2D eigenvalue weighted by Crippen LogP contribution is -2.16. The standard InChI is InChI=1S/C10H6F4N2O2S2/c11-7-4-16-9(19-7)8-5(10(12,13)14)2-1-3-6(8)20(15,17)18/h1-4H,(H2,15,17,18). The zero-order chi connectivity index (χ0) is 15.1. The fraction of sp³-hybridized carbons (Fsp3) is 0.100. The number of nitrogens with two attached hydrogens (primary N) is 1. The van der Waals surface area contributed by atoms with Crippen LogP contribution in [0.4, 0.5) is 17.6 Å². The highest BCUT2D eigenvalue weighted by molar-refractivity contribution is 7.89. The zero-order valence-corrected chi connectivity index (χ0v) is 11.1. The van der Waals surface area contributed by atoms with Crippen LogP contribution in [0.1, 0.15) is 5.56 Å². The van der Waals surface area contributed by atoms with Crippen molar-refractivity contribution in [3.63, 3.8) is 0 Å². The number of hydrogen-bond donors (Lipinski definition) is 1. The summed E-state index contributed by atoms with van der Waals surface area (Å²) < 4.78 is 74.6. The van der Waals surface area contributed by atoms with Gasteiger partial charge in [-0.2, -0.15) is 17.6 Å². The van der Waals surface area contributed by atoms with Crippen molar-refractivity contribution >= 4 is 21.4 Å². The van der Waals surface area contributed by atoms with Crippen molar-refractivity contribution in [3.05, 3.63) is 35.1 Å². The monoisotopic (exact) mass is 326 g/mol. The van der Waals surface area contributed by atoms with Gasteiger partial charge in [-0.3, -0.25) is 0 Å². The van der Waals surface area contributed by atoms with Gasteiger partial charge in [0.25, 0.3) is 0 Å². The van der Waals surface area contributed by atoms with Crippen molar-refractivity contribution in [2.45, 2.75) is 11.1 Å². The average molecular weight is 326 g/mol. The lowest BCUT2D eigenvalue weighted by atomic mass is 10.1. The molecule has 0 bridgehead atoms. The molecule has 1 aromatic heterocycles. The Morgan fingerprint density at radius 3 is 2.35 bits per heavy atom. The van der Waals surface area contributed by atoms with Gasteiger partial charge >= 0.3 is 6.18 Å². The molecule has 0 amide bonds. The molecule has 0 unspecified atom stereocenters. The molecule has 0 atom stereocenters. The highest BCUT2D eigenvalue weighted by atomic mass is 32.2. The van der Waals surface area contributed by atoms with E-state index in [9.17, 15) is 26.0 Å². The Morgan fingerprint density at radius 1 is 1.25 bits per heavy atom. The maximum atomic E-state index is 13.0. The van der Waals surface area contributed by atoms with Gasteiger partial charge in [0.2, 0.25) is 10.0 Å². The van der Waals surface area contributed by atoms with Crippen LogP contribution in [0, 0.1) is 5.13 Å². The third-order valence-corrected chi connectivity index (χ3v) is 4.09. The molecular weight excluding hydrogens is 320 g/mol. The number of nitrogens with zero attached hydrogens (tertiary/aromatic N) is 1.